The van der Waals surface area contributed by atoms with Gasteiger partial charge in [0.15, 0.2) is 11.5 Å². The van der Waals surface area contributed by atoms with E-state index >= 15 is 0 Å². The molecule has 0 saturated heterocycles. The first-order chi connectivity index (χ1) is 11.1. The van der Waals surface area contributed by atoms with E-state index in [1.165, 1.54) is 0 Å². The Morgan fingerprint density at radius 2 is 1.96 bits per heavy atom. The average molecular weight is 444 g/mol. The first-order valence-corrected chi connectivity index (χ1v) is 8.82. The van der Waals surface area contributed by atoms with Crippen molar-refractivity contribution in [2.45, 2.75) is 6.42 Å². The molecule has 2 aromatic rings. The van der Waals surface area contributed by atoms with Gasteiger partial charge in [0.25, 0.3) is 5.91 Å². The monoisotopic (exact) mass is 442 g/mol. The first kappa shape index (κ1) is 16.4. The van der Waals surface area contributed by atoms with Gasteiger partial charge in [0, 0.05) is 13.6 Å². The van der Waals surface area contributed by atoms with Gasteiger partial charge in [0.2, 0.25) is 0 Å². The maximum absolute atomic E-state index is 12.2. The zero-order chi connectivity index (χ0) is 16.4. The second kappa shape index (κ2) is 6.97. The van der Waals surface area contributed by atoms with E-state index in [0.717, 1.165) is 32.6 Å². The average Bonchev–Trinajstić information content (AvgIpc) is 2.82. The van der Waals surface area contributed by atoms with Crippen LogP contribution in [0.3, 0.4) is 0 Å². The lowest BCUT2D eigenvalue weighted by molar-refractivity contribution is 0.0946. The van der Waals surface area contributed by atoms with Crippen LogP contribution >= 0.6 is 31.9 Å². The van der Waals surface area contributed by atoms with E-state index in [9.17, 15) is 4.79 Å². The molecule has 0 aliphatic carbocycles. The van der Waals surface area contributed by atoms with Gasteiger partial charge in [-0.1, -0.05) is 6.07 Å². The van der Waals surface area contributed by atoms with Crippen molar-refractivity contribution in [1.29, 1.82) is 0 Å². The molecule has 0 radical (unpaired) electrons. The summed E-state index contributed by atoms with van der Waals surface area (Å²) in [4.78, 5) is 12.2. The van der Waals surface area contributed by atoms with Crippen LogP contribution in [-0.4, -0.2) is 30.2 Å². The van der Waals surface area contributed by atoms with Gasteiger partial charge in [-0.05, 0) is 62.0 Å². The number of carbonyl (C=O) groups is 1. The molecule has 0 fully saturated rings. The highest BCUT2D eigenvalue weighted by molar-refractivity contribution is 9.13. The number of hydrogen-bond acceptors (Lipinski definition) is 3. The predicted octanol–water partition coefficient (Wildman–Crippen LogP) is 3.29. The topological polar surface area (TPSA) is 52.5 Å². The third-order valence-corrected chi connectivity index (χ3v) is 5.75. The second-order valence-electron chi connectivity index (χ2n) is 5.21. The number of amides is 1. The molecule has 5 nitrogen and oxygen atoms in total. The zero-order valence-electron chi connectivity index (χ0n) is 12.6. The van der Waals surface area contributed by atoms with E-state index in [0.29, 0.717) is 25.5 Å². The number of hydrogen-bond donors (Lipinski definition) is 1. The number of aromatic nitrogens is 1. The fraction of sp³-hybridized carbons (Fsp3) is 0.312. The van der Waals surface area contributed by atoms with Crippen molar-refractivity contribution < 1.29 is 14.3 Å². The van der Waals surface area contributed by atoms with Crippen LogP contribution in [0.4, 0.5) is 0 Å². The number of carbonyl (C=O) groups excluding carboxylic acids is 1. The fourth-order valence-electron chi connectivity index (χ4n) is 2.41. The number of benzene rings is 1. The van der Waals surface area contributed by atoms with Gasteiger partial charge in [-0.15, -0.1) is 0 Å². The van der Waals surface area contributed by atoms with Crippen LogP contribution in [0.2, 0.25) is 0 Å². The molecule has 3 rings (SSSR count). The van der Waals surface area contributed by atoms with Crippen molar-refractivity contribution >= 4 is 37.8 Å². The maximum Gasteiger partial charge on any atom is 0.267 e. The summed E-state index contributed by atoms with van der Waals surface area (Å²) in [5.41, 5.74) is 1.70. The molecule has 0 bridgehead atoms. The lowest BCUT2D eigenvalue weighted by Gasteiger charge is -2.18. The van der Waals surface area contributed by atoms with Crippen molar-refractivity contribution in [3.05, 3.63) is 44.6 Å². The van der Waals surface area contributed by atoms with Gasteiger partial charge in [-0.2, -0.15) is 0 Å². The Morgan fingerprint density at radius 1 is 1.22 bits per heavy atom. The summed E-state index contributed by atoms with van der Waals surface area (Å²) in [6.45, 7) is 1.72. The Kier molecular flexibility index (Phi) is 4.96. The Hall–Kier alpha value is -1.47. The fourth-order valence-corrected chi connectivity index (χ4v) is 3.20. The van der Waals surface area contributed by atoms with Crippen molar-refractivity contribution in [1.82, 2.24) is 9.88 Å². The molecule has 0 saturated carbocycles. The number of rotatable bonds is 4. The van der Waals surface area contributed by atoms with E-state index < -0.39 is 0 Å². The van der Waals surface area contributed by atoms with Crippen molar-refractivity contribution in [3.8, 4) is 11.5 Å². The highest BCUT2D eigenvalue weighted by atomic mass is 79.9. The molecule has 0 unspecified atom stereocenters. The molecular formula is C16H16Br2N2O3. The van der Waals surface area contributed by atoms with Gasteiger partial charge in [0.05, 0.1) is 9.08 Å². The number of nitrogens with one attached hydrogen (secondary N) is 1. The Balaban J connectivity index is 1.59. The molecule has 7 heteroatoms. The van der Waals surface area contributed by atoms with Crippen LogP contribution in [-0.2, 0) is 13.5 Å². The molecule has 1 aromatic heterocycles. The summed E-state index contributed by atoms with van der Waals surface area (Å²) in [5.74, 6) is 1.45. The highest BCUT2D eigenvalue weighted by Gasteiger charge is 2.15. The first-order valence-electron chi connectivity index (χ1n) is 7.23. The van der Waals surface area contributed by atoms with Crippen LogP contribution in [0.1, 0.15) is 16.1 Å². The Morgan fingerprint density at radius 3 is 2.65 bits per heavy atom. The van der Waals surface area contributed by atoms with E-state index in [4.69, 9.17) is 9.47 Å². The van der Waals surface area contributed by atoms with Crippen LogP contribution < -0.4 is 14.8 Å². The number of ether oxygens (including phenoxy) is 2. The van der Waals surface area contributed by atoms with Gasteiger partial charge in [-0.3, -0.25) is 4.79 Å². The Bertz CT molecular complexity index is 743. The lowest BCUT2D eigenvalue weighted by Crippen LogP contribution is -2.27. The number of halogens is 2. The third kappa shape index (κ3) is 3.55. The Labute approximate surface area is 151 Å². The van der Waals surface area contributed by atoms with Crippen LogP contribution in [0.5, 0.6) is 11.5 Å². The smallest absolute Gasteiger partial charge is 0.267 e. The van der Waals surface area contributed by atoms with Crippen molar-refractivity contribution in [2.75, 3.05) is 19.8 Å². The molecule has 1 aromatic carbocycles. The van der Waals surface area contributed by atoms with Gasteiger partial charge < -0.3 is 19.4 Å². The quantitative estimate of drug-likeness (QED) is 0.788. The van der Waals surface area contributed by atoms with Gasteiger partial charge >= 0.3 is 0 Å². The van der Waals surface area contributed by atoms with E-state index in [2.05, 4.69) is 37.2 Å². The minimum atomic E-state index is -0.101. The molecule has 1 amide bonds. The van der Waals surface area contributed by atoms with Crippen LogP contribution in [0, 0.1) is 0 Å². The van der Waals surface area contributed by atoms with E-state index in [-0.39, 0.29) is 5.91 Å². The molecule has 0 spiro atoms. The SMILES string of the molecule is Cn1c(C(=O)NCCc2ccc3c(c2)OCCO3)cc(Br)c1Br. The summed E-state index contributed by atoms with van der Waals surface area (Å²) in [7, 11) is 1.84. The third-order valence-electron chi connectivity index (χ3n) is 3.65. The number of nitrogens with zero attached hydrogens (tertiary/aromatic N) is 1. The van der Waals surface area contributed by atoms with Crippen molar-refractivity contribution in [3.63, 3.8) is 0 Å². The molecule has 122 valence electrons. The second-order valence-corrected chi connectivity index (χ2v) is 6.82. The van der Waals surface area contributed by atoms with E-state index in [1.54, 1.807) is 10.6 Å². The minimum Gasteiger partial charge on any atom is -0.486 e. The van der Waals surface area contributed by atoms with Crippen LogP contribution in [0.25, 0.3) is 0 Å². The zero-order valence-corrected chi connectivity index (χ0v) is 15.7. The molecule has 2 heterocycles. The molecule has 1 aliphatic heterocycles. The maximum atomic E-state index is 12.2. The van der Waals surface area contributed by atoms with Crippen molar-refractivity contribution in [2.24, 2.45) is 7.05 Å². The molecular weight excluding hydrogens is 428 g/mol. The lowest BCUT2D eigenvalue weighted by atomic mass is 10.1. The minimum absolute atomic E-state index is 0.101. The standard InChI is InChI=1S/C16H16Br2N2O3/c1-20-12(9-11(17)15(20)18)16(21)19-5-4-10-2-3-13-14(8-10)23-7-6-22-13/h2-3,8-9H,4-7H2,1H3,(H,19,21). The highest BCUT2D eigenvalue weighted by Crippen LogP contribution is 2.30. The summed E-state index contributed by atoms with van der Waals surface area (Å²) >= 11 is 6.82. The predicted molar refractivity (Wildman–Crippen MR) is 94.3 cm³/mol. The molecule has 23 heavy (non-hydrogen) atoms. The molecule has 1 N–H and O–H groups in total. The number of fused-ring (bicyclic) bond motifs is 1. The van der Waals surface area contributed by atoms with Gasteiger partial charge in [0.1, 0.15) is 18.9 Å². The van der Waals surface area contributed by atoms with Crippen LogP contribution in [0.15, 0.2) is 33.3 Å². The summed E-state index contributed by atoms with van der Waals surface area (Å²) in [6, 6.07) is 7.67. The summed E-state index contributed by atoms with van der Waals surface area (Å²) < 4.78 is 14.6. The van der Waals surface area contributed by atoms with Gasteiger partial charge in [-0.25, -0.2) is 0 Å². The molecule has 1 aliphatic rings. The van der Waals surface area contributed by atoms with E-state index in [1.807, 2.05) is 25.2 Å². The normalized spacial score (nSPS) is 13.0. The summed E-state index contributed by atoms with van der Waals surface area (Å²) in [5, 5.41) is 2.94. The summed E-state index contributed by atoms with van der Waals surface area (Å²) in [6.07, 6.45) is 0.731. The molecule has 0 atom stereocenters. The largest absolute Gasteiger partial charge is 0.486 e.